The Morgan fingerprint density at radius 1 is 1.12 bits per heavy atom. The Bertz CT molecular complexity index is 697. The Kier molecular flexibility index (Phi) is 6.45. The van der Waals surface area contributed by atoms with Gasteiger partial charge in [-0.15, -0.1) is 0 Å². The van der Waals surface area contributed by atoms with Crippen LogP contribution in [-0.4, -0.2) is 48.2 Å². The minimum atomic E-state index is 0.377. The molecule has 140 valence electrons. The third kappa shape index (κ3) is 4.73. The summed E-state index contributed by atoms with van der Waals surface area (Å²) in [6.07, 6.45) is 4.19. The van der Waals surface area contributed by atoms with Crippen LogP contribution in [-0.2, 0) is 0 Å². The first-order valence-corrected chi connectivity index (χ1v) is 9.48. The van der Waals surface area contributed by atoms with E-state index in [9.17, 15) is 0 Å². The molecule has 0 amide bonds. The molecule has 1 aliphatic rings. The van der Waals surface area contributed by atoms with Crippen molar-refractivity contribution in [2.45, 2.75) is 38.5 Å². The second-order valence-corrected chi connectivity index (χ2v) is 7.11. The fourth-order valence-electron chi connectivity index (χ4n) is 3.37. The molecule has 5 heteroatoms. The number of piperidine rings is 1. The van der Waals surface area contributed by atoms with Crippen LogP contribution in [0.1, 0.15) is 50.0 Å². The van der Waals surface area contributed by atoms with Crippen molar-refractivity contribution in [1.82, 2.24) is 14.9 Å². The molecule has 3 rings (SSSR count). The monoisotopic (exact) mass is 355 g/mol. The van der Waals surface area contributed by atoms with Gasteiger partial charge in [0.05, 0.1) is 7.11 Å². The van der Waals surface area contributed by atoms with E-state index in [4.69, 9.17) is 14.5 Å². The highest BCUT2D eigenvalue weighted by atomic mass is 16.5. The molecule has 26 heavy (non-hydrogen) atoms. The molecule has 1 fully saturated rings. The molecule has 1 aromatic carbocycles. The lowest BCUT2D eigenvalue weighted by Gasteiger charge is -2.31. The normalized spacial score (nSPS) is 16.0. The van der Waals surface area contributed by atoms with Gasteiger partial charge in [-0.1, -0.05) is 26.0 Å². The molecule has 0 N–H and O–H groups in total. The lowest BCUT2D eigenvalue weighted by molar-refractivity contribution is 0.170. The topological polar surface area (TPSA) is 47.5 Å². The Balaban J connectivity index is 1.46. The summed E-state index contributed by atoms with van der Waals surface area (Å²) in [7, 11) is 1.67. The van der Waals surface area contributed by atoms with Gasteiger partial charge in [-0.05, 0) is 44.1 Å². The van der Waals surface area contributed by atoms with Crippen LogP contribution in [0.3, 0.4) is 0 Å². The molecule has 5 nitrogen and oxygen atoms in total. The van der Waals surface area contributed by atoms with Gasteiger partial charge in [0.15, 0.2) is 11.5 Å². The first-order chi connectivity index (χ1) is 12.7. The maximum absolute atomic E-state index is 5.90. The second kappa shape index (κ2) is 8.99. The Morgan fingerprint density at radius 2 is 1.85 bits per heavy atom. The lowest BCUT2D eigenvalue weighted by Crippen LogP contribution is -2.36. The molecule has 0 radical (unpaired) electrons. The molecule has 1 aromatic heterocycles. The first-order valence-electron chi connectivity index (χ1n) is 9.48. The van der Waals surface area contributed by atoms with Crippen molar-refractivity contribution in [2.24, 2.45) is 0 Å². The van der Waals surface area contributed by atoms with E-state index >= 15 is 0 Å². The molecule has 1 saturated heterocycles. The minimum Gasteiger partial charge on any atom is -0.493 e. The molecule has 0 spiro atoms. The van der Waals surface area contributed by atoms with Crippen LogP contribution >= 0.6 is 0 Å². The van der Waals surface area contributed by atoms with Crippen molar-refractivity contribution < 1.29 is 9.47 Å². The largest absolute Gasteiger partial charge is 0.493 e. The quantitative estimate of drug-likeness (QED) is 0.754. The van der Waals surface area contributed by atoms with Gasteiger partial charge in [-0.3, -0.25) is 4.90 Å². The summed E-state index contributed by atoms with van der Waals surface area (Å²) in [5, 5.41) is 0. The van der Waals surface area contributed by atoms with Crippen molar-refractivity contribution in [3.63, 3.8) is 0 Å². The van der Waals surface area contributed by atoms with E-state index in [1.165, 1.54) is 5.69 Å². The van der Waals surface area contributed by atoms with Crippen LogP contribution in [0.15, 0.2) is 36.5 Å². The van der Waals surface area contributed by atoms with Gasteiger partial charge >= 0.3 is 0 Å². The Hall–Kier alpha value is -2.14. The van der Waals surface area contributed by atoms with Crippen LogP contribution in [0.2, 0.25) is 0 Å². The van der Waals surface area contributed by atoms with Crippen molar-refractivity contribution in [1.29, 1.82) is 0 Å². The van der Waals surface area contributed by atoms with Crippen molar-refractivity contribution in [2.75, 3.05) is 33.4 Å². The van der Waals surface area contributed by atoms with E-state index in [1.54, 1.807) is 7.11 Å². The second-order valence-electron chi connectivity index (χ2n) is 7.11. The third-order valence-electron chi connectivity index (χ3n) is 4.95. The SMILES string of the molecule is COc1ccccc1OCCN1CCC(c2ccnc(C(C)C)n2)CC1. The summed E-state index contributed by atoms with van der Waals surface area (Å²) >= 11 is 0. The summed E-state index contributed by atoms with van der Waals surface area (Å²) in [5.41, 5.74) is 1.20. The van der Waals surface area contributed by atoms with Gasteiger partial charge in [0.1, 0.15) is 12.4 Å². The van der Waals surface area contributed by atoms with Crippen molar-refractivity contribution >= 4 is 0 Å². The van der Waals surface area contributed by atoms with E-state index in [1.807, 2.05) is 30.5 Å². The summed E-state index contributed by atoms with van der Waals surface area (Å²) in [5.74, 6) is 3.47. The van der Waals surface area contributed by atoms with Crippen LogP contribution < -0.4 is 9.47 Å². The number of likely N-dealkylation sites (tertiary alicyclic amines) is 1. The number of aromatic nitrogens is 2. The number of benzene rings is 1. The number of para-hydroxylation sites is 2. The van der Waals surface area contributed by atoms with Crippen LogP contribution in [0.4, 0.5) is 0 Å². The highest BCUT2D eigenvalue weighted by molar-refractivity contribution is 5.39. The van der Waals surface area contributed by atoms with E-state index in [-0.39, 0.29) is 0 Å². The van der Waals surface area contributed by atoms with Crippen LogP contribution in [0, 0.1) is 0 Å². The van der Waals surface area contributed by atoms with E-state index in [0.717, 1.165) is 49.8 Å². The molecule has 0 saturated carbocycles. The molecular formula is C21H29N3O2. The molecular weight excluding hydrogens is 326 g/mol. The zero-order chi connectivity index (χ0) is 18.4. The summed E-state index contributed by atoms with van der Waals surface area (Å²) in [6, 6.07) is 9.88. The zero-order valence-electron chi connectivity index (χ0n) is 16.0. The van der Waals surface area contributed by atoms with Crippen molar-refractivity contribution in [3.8, 4) is 11.5 Å². The number of nitrogens with zero attached hydrogens (tertiary/aromatic N) is 3. The molecule has 0 unspecified atom stereocenters. The predicted molar refractivity (Wildman–Crippen MR) is 103 cm³/mol. The average Bonchev–Trinajstić information content (AvgIpc) is 2.69. The van der Waals surface area contributed by atoms with E-state index in [2.05, 4.69) is 29.8 Å². The Labute approximate surface area is 156 Å². The molecule has 0 atom stereocenters. The van der Waals surface area contributed by atoms with Gasteiger partial charge in [0, 0.05) is 30.3 Å². The molecule has 2 heterocycles. The summed E-state index contributed by atoms with van der Waals surface area (Å²) in [6.45, 7) is 8.07. The number of ether oxygens (including phenoxy) is 2. The fourth-order valence-corrected chi connectivity index (χ4v) is 3.37. The fraction of sp³-hybridized carbons (Fsp3) is 0.524. The first kappa shape index (κ1) is 18.6. The maximum Gasteiger partial charge on any atom is 0.161 e. The van der Waals surface area contributed by atoms with E-state index < -0.39 is 0 Å². The zero-order valence-corrected chi connectivity index (χ0v) is 16.0. The lowest BCUT2D eigenvalue weighted by atomic mass is 9.93. The van der Waals surface area contributed by atoms with Gasteiger partial charge in [0.25, 0.3) is 0 Å². The summed E-state index contributed by atoms with van der Waals surface area (Å²) in [4.78, 5) is 11.6. The molecule has 0 bridgehead atoms. The maximum atomic E-state index is 5.90. The smallest absolute Gasteiger partial charge is 0.161 e. The average molecular weight is 355 g/mol. The van der Waals surface area contributed by atoms with Gasteiger partial charge < -0.3 is 9.47 Å². The Morgan fingerprint density at radius 3 is 2.54 bits per heavy atom. The van der Waals surface area contributed by atoms with Crippen LogP contribution in [0.25, 0.3) is 0 Å². The number of methoxy groups -OCH3 is 1. The minimum absolute atomic E-state index is 0.377. The number of rotatable bonds is 7. The van der Waals surface area contributed by atoms with E-state index in [0.29, 0.717) is 18.4 Å². The van der Waals surface area contributed by atoms with Gasteiger partial charge in [-0.25, -0.2) is 9.97 Å². The molecule has 2 aromatic rings. The third-order valence-corrected chi connectivity index (χ3v) is 4.95. The number of hydrogen-bond donors (Lipinski definition) is 0. The van der Waals surface area contributed by atoms with Crippen molar-refractivity contribution in [3.05, 3.63) is 48.0 Å². The standard InChI is InChI=1S/C21H29N3O2/c1-16(2)21-22-11-8-18(23-21)17-9-12-24(13-10-17)14-15-26-20-7-5-4-6-19(20)25-3/h4-8,11,16-17H,9-10,12-15H2,1-3H3. The predicted octanol–water partition coefficient (Wildman–Crippen LogP) is 3.87. The summed E-state index contributed by atoms with van der Waals surface area (Å²) < 4.78 is 11.2. The number of hydrogen-bond acceptors (Lipinski definition) is 5. The highest BCUT2D eigenvalue weighted by Crippen LogP contribution is 2.28. The van der Waals surface area contributed by atoms with Gasteiger partial charge in [0.2, 0.25) is 0 Å². The van der Waals surface area contributed by atoms with Crippen LogP contribution in [0.5, 0.6) is 11.5 Å². The van der Waals surface area contributed by atoms with Gasteiger partial charge in [-0.2, -0.15) is 0 Å². The molecule has 1 aliphatic heterocycles. The highest BCUT2D eigenvalue weighted by Gasteiger charge is 2.22. The molecule has 0 aliphatic carbocycles.